The van der Waals surface area contributed by atoms with E-state index in [4.69, 9.17) is 54.2 Å². The molecule has 418 valence electrons. The molecule has 0 spiro atoms. The molecule has 0 amide bonds. The average Bonchev–Trinajstić information content (AvgIpc) is 3.21. The van der Waals surface area contributed by atoms with Crippen molar-refractivity contribution in [2.75, 3.05) is 0 Å². The maximum Gasteiger partial charge on any atom is 0.323 e. The Morgan fingerprint density at radius 3 is 0.671 bits per heavy atom. The van der Waals surface area contributed by atoms with Crippen LogP contribution >= 0.6 is 0 Å². The molecule has 4 atom stereocenters. The van der Waals surface area contributed by atoms with Crippen LogP contribution in [0.4, 0.5) is 0 Å². The minimum absolute atomic E-state index is 0. The van der Waals surface area contributed by atoms with Crippen molar-refractivity contribution in [2.45, 2.75) is 247 Å². The third-order valence-corrected chi connectivity index (χ3v) is 10.4. The second kappa shape index (κ2) is 52.4. The first-order chi connectivity index (χ1) is 30.1. The van der Waals surface area contributed by atoms with Crippen LogP contribution in [0.2, 0.25) is 0 Å². The predicted molar refractivity (Wildman–Crippen MR) is 301 cm³/mol. The summed E-state index contributed by atoms with van der Waals surface area (Å²) in [5.74, 6) is -4.62. The van der Waals surface area contributed by atoms with Crippen LogP contribution in [-0.2, 0) is 24.0 Å². The number of hydrogen-bond donors (Lipinski definition) is 10. The van der Waals surface area contributed by atoms with Gasteiger partial charge in [0.05, 0.1) is 0 Å². The van der Waals surface area contributed by atoms with Crippen molar-refractivity contribution in [2.24, 2.45) is 28.7 Å². The van der Waals surface area contributed by atoms with E-state index in [9.17, 15) is 24.0 Å². The summed E-state index contributed by atoms with van der Waals surface area (Å²) in [7, 11) is 0. The summed E-state index contributed by atoms with van der Waals surface area (Å²) in [6.45, 7) is 27.7. The van der Waals surface area contributed by atoms with Crippen molar-refractivity contribution < 1.29 is 49.5 Å². The number of aliphatic carboxylic acids is 5. The zero-order chi connectivity index (χ0) is 51.6. The fourth-order valence-corrected chi connectivity index (χ4v) is 5.39. The molecule has 15 nitrogen and oxygen atoms in total. The molecule has 0 aromatic heterocycles. The average molecular weight is 1000 g/mol. The van der Waals surface area contributed by atoms with Gasteiger partial charge in [-0.1, -0.05) is 112 Å². The van der Waals surface area contributed by atoms with E-state index in [-0.39, 0.29) is 37.1 Å². The summed E-state index contributed by atoms with van der Waals surface area (Å²) >= 11 is 0. The summed E-state index contributed by atoms with van der Waals surface area (Å²) in [5, 5.41) is 43.7. The molecule has 0 saturated heterocycles. The Labute approximate surface area is 429 Å². The second-order valence-corrected chi connectivity index (χ2v) is 17.6. The van der Waals surface area contributed by atoms with Gasteiger partial charge in [0, 0.05) is 0 Å². The zero-order valence-electron chi connectivity index (χ0n) is 40.8. The fraction of sp³-hybridized carbons (Fsp3) is 0.691. The van der Waals surface area contributed by atoms with Crippen molar-refractivity contribution in [3.8, 4) is 0 Å². The second-order valence-electron chi connectivity index (χ2n) is 17.6. The molecule has 0 radical (unpaired) electrons. The number of rotatable bonds is 35. The molecule has 0 unspecified atom stereocenters. The maximum atomic E-state index is 11.0. The van der Waals surface area contributed by atoms with Crippen LogP contribution in [-0.4, -0.2) is 83.1 Å². The number of unbranched alkanes of at least 4 members (excludes halogenated alkanes) is 12. The summed E-state index contributed by atoms with van der Waals surface area (Å²) in [4.78, 5) is 53.3. The molecular weight excluding hydrogens is 891 g/mol. The Morgan fingerprint density at radius 2 is 0.486 bits per heavy atom. The van der Waals surface area contributed by atoms with Gasteiger partial charge in [-0.15, -0.1) is 39.5 Å². The van der Waals surface area contributed by atoms with Gasteiger partial charge in [-0.25, -0.2) is 0 Å². The lowest BCUT2D eigenvalue weighted by atomic mass is 9.88. The molecule has 0 rings (SSSR count). The van der Waals surface area contributed by atoms with Crippen LogP contribution < -0.4 is 28.7 Å². The van der Waals surface area contributed by atoms with Crippen molar-refractivity contribution in [1.82, 2.24) is 0 Å². The Kier molecular flexibility index (Phi) is 66.3. The maximum absolute atomic E-state index is 11.0. The van der Waals surface area contributed by atoms with Crippen LogP contribution in [0.15, 0.2) is 75.9 Å². The van der Waals surface area contributed by atoms with E-state index in [1.807, 2.05) is 12.2 Å². The van der Waals surface area contributed by atoms with E-state index in [0.717, 1.165) is 116 Å². The highest BCUT2D eigenvalue weighted by Gasteiger charge is 2.32. The summed E-state index contributed by atoms with van der Waals surface area (Å²) in [5.41, 5.74) is 22.6. The van der Waals surface area contributed by atoms with E-state index in [0.29, 0.717) is 38.5 Å². The fourth-order valence-electron chi connectivity index (χ4n) is 5.39. The Bertz CT molecular complexity index is 1290. The van der Waals surface area contributed by atoms with Gasteiger partial charge in [-0.2, -0.15) is 0 Å². The molecule has 0 aromatic rings. The molecular formula is C55H113N5O10. The van der Waals surface area contributed by atoms with Gasteiger partial charge in [0.2, 0.25) is 0 Å². The van der Waals surface area contributed by atoms with E-state index in [1.165, 1.54) is 13.8 Å². The first-order valence-corrected chi connectivity index (χ1v) is 22.9. The number of nitrogens with two attached hydrogens (primary N) is 5. The zero-order valence-corrected chi connectivity index (χ0v) is 40.8. The monoisotopic (exact) mass is 1000 g/mol. The van der Waals surface area contributed by atoms with Crippen LogP contribution in [0.1, 0.15) is 219 Å². The summed E-state index contributed by atoms with van der Waals surface area (Å²) in [6, 6.07) is 0. The van der Waals surface area contributed by atoms with Gasteiger partial charge in [0.15, 0.2) is 0 Å². The smallest absolute Gasteiger partial charge is 0.323 e. The Balaban J connectivity index is -0.0000000793. The van der Waals surface area contributed by atoms with E-state index in [2.05, 4.69) is 39.5 Å². The lowest BCUT2D eigenvalue weighted by Gasteiger charge is -2.24. The molecule has 0 aliphatic heterocycles. The van der Waals surface area contributed by atoms with Crippen molar-refractivity contribution in [3.63, 3.8) is 0 Å². The predicted octanol–water partition coefficient (Wildman–Crippen LogP) is 12.6. The van der Waals surface area contributed by atoms with Gasteiger partial charge in [0.1, 0.15) is 27.7 Å². The van der Waals surface area contributed by atoms with E-state index in [1.54, 1.807) is 38.2 Å². The molecule has 15 N–H and O–H groups in total. The standard InChI is InChI=1S/C12H21NO2.2C11H21NO2.2C8H15NO2.5CH4/c1-3-5-7-9-12(13,11(14)15)10-8-6-4-2;2*1-3-4-5-6-7-8-9-11(2,12)10(13)14;2*1-3-4-5-6-8(2,9)7(10)11;;;;;/h3-4H,1-2,5-10,13H2,(H,14,15);2*3H,1,4-9,12H2,2H3,(H,13,14);2*3H,1,4-6,9H2,2H3,(H,10,11);5*1H4/t;2*11-;2*8-;;;;;/m.1010...../s1. The van der Waals surface area contributed by atoms with E-state index < -0.39 is 57.5 Å². The van der Waals surface area contributed by atoms with Crippen molar-refractivity contribution in [1.29, 1.82) is 0 Å². The largest absolute Gasteiger partial charge is 0.480 e. The topological polar surface area (TPSA) is 317 Å². The number of hydrogen-bond acceptors (Lipinski definition) is 10. The van der Waals surface area contributed by atoms with Gasteiger partial charge < -0.3 is 54.2 Å². The van der Waals surface area contributed by atoms with Crippen LogP contribution in [0.5, 0.6) is 0 Å². The van der Waals surface area contributed by atoms with Crippen LogP contribution in [0.3, 0.4) is 0 Å². The van der Waals surface area contributed by atoms with Gasteiger partial charge >= 0.3 is 29.8 Å². The minimum atomic E-state index is -1.08. The quantitative estimate of drug-likeness (QED) is 0.0208. The SMILES string of the molecule is C.C.C.C.C.C=CCCCC(N)(CCCC=C)C(=O)O.C=CCCCCCC[C@@](C)(N)C(=O)O.C=CCCCCCC[C@](C)(N)C(=O)O.C=CCCC[C@@](C)(N)C(=O)O.C=CCCC[C@](C)(N)C(=O)O. The number of carboxylic acids is 5. The van der Waals surface area contributed by atoms with Crippen LogP contribution in [0.25, 0.3) is 0 Å². The lowest BCUT2D eigenvalue weighted by molar-refractivity contribution is -0.144. The molecule has 0 aliphatic carbocycles. The molecule has 0 saturated carbocycles. The highest BCUT2D eigenvalue weighted by Crippen LogP contribution is 2.20. The van der Waals surface area contributed by atoms with Gasteiger partial charge in [-0.05, 0) is 143 Å². The highest BCUT2D eigenvalue weighted by atomic mass is 16.4. The molecule has 70 heavy (non-hydrogen) atoms. The molecule has 15 heteroatoms. The first-order valence-electron chi connectivity index (χ1n) is 22.9. The number of allylic oxidation sites excluding steroid dienone is 6. The number of carboxylic acid groups (broad SMARTS) is 5. The molecule has 0 aromatic carbocycles. The van der Waals surface area contributed by atoms with Gasteiger partial charge in [0.25, 0.3) is 0 Å². The van der Waals surface area contributed by atoms with Crippen LogP contribution in [0, 0.1) is 0 Å². The highest BCUT2D eigenvalue weighted by molar-refractivity contribution is 5.79. The van der Waals surface area contributed by atoms with Crippen molar-refractivity contribution in [3.05, 3.63) is 75.9 Å². The Hall–Kier alpha value is -4.41. The van der Waals surface area contributed by atoms with E-state index >= 15 is 0 Å². The normalized spacial score (nSPS) is 13.1. The molecule has 0 aliphatic rings. The minimum Gasteiger partial charge on any atom is -0.480 e. The summed E-state index contributed by atoms with van der Waals surface area (Å²) < 4.78 is 0. The first kappa shape index (κ1) is 88.5. The number of carbonyl (C=O) groups is 5. The molecule has 0 bridgehead atoms. The lowest BCUT2D eigenvalue weighted by Crippen LogP contribution is -2.47. The third kappa shape index (κ3) is 54.5. The Morgan fingerprint density at radius 1 is 0.314 bits per heavy atom. The molecule has 0 heterocycles. The van der Waals surface area contributed by atoms with Gasteiger partial charge in [-0.3, -0.25) is 24.0 Å². The van der Waals surface area contributed by atoms with Crippen molar-refractivity contribution >= 4 is 29.8 Å². The summed E-state index contributed by atoms with van der Waals surface area (Å²) in [6.07, 6.45) is 30.9. The third-order valence-electron chi connectivity index (χ3n) is 10.4. The molecule has 0 fully saturated rings.